The molecule has 1 aliphatic heterocycles. The summed E-state index contributed by atoms with van der Waals surface area (Å²) in [6.07, 6.45) is 2.50. The van der Waals surface area contributed by atoms with E-state index in [2.05, 4.69) is 10.3 Å². The van der Waals surface area contributed by atoms with Crippen molar-refractivity contribution in [3.8, 4) is 11.3 Å². The van der Waals surface area contributed by atoms with Crippen LogP contribution in [0.4, 0.5) is 9.18 Å². The molecule has 2 aromatic rings. The van der Waals surface area contributed by atoms with E-state index in [0.29, 0.717) is 42.8 Å². The second-order valence-electron chi connectivity index (χ2n) is 8.16. The summed E-state index contributed by atoms with van der Waals surface area (Å²) in [5.74, 6) is -0.539. The number of aromatic nitrogens is 1. The van der Waals surface area contributed by atoms with Gasteiger partial charge in [0.2, 0.25) is 0 Å². The summed E-state index contributed by atoms with van der Waals surface area (Å²) in [6, 6.07) is 9.54. The Morgan fingerprint density at radius 3 is 2.48 bits per heavy atom. The molecule has 0 atom stereocenters. The number of pyridine rings is 1. The number of likely N-dealkylation sites (tertiary alicyclic amines) is 1. The first-order valence-electron chi connectivity index (χ1n) is 9.72. The molecule has 0 aliphatic carbocycles. The molecular weight excluding hydrogens is 373 g/mol. The third-order valence-corrected chi connectivity index (χ3v) is 4.63. The molecule has 1 N–H and O–H groups in total. The number of hydrogen-bond donors (Lipinski definition) is 1. The van der Waals surface area contributed by atoms with Gasteiger partial charge in [0.15, 0.2) is 0 Å². The largest absolute Gasteiger partial charge is 0.444 e. The van der Waals surface area contributed by atoms with E-state index in [9.17, 15) is 14.0 Å². The van der Waals surface area contributed by atoms with Crippen LogP contribution in [0.25, 0.3) is 11.3 Å². The molecule has 1 aromatic heterocycles. The molecule has 0 spiro atoms. The van der Waals surface area contributed by atoms with Crippen LogP contribution in [0.15, 0.2) is 42.6 Å². The van der Waals surface area contributed by atoms with Crippen molar-refractivity contribution in [2.45, 2.75) is 45.3 Å². The molecule has 7 heteroatoms. The third-order valence-electron chi connectivity index (χ3n) is 4.63. The summed E-state index contributed by atoms with van der Waals surface area (Å²) in [6.45, 7) is 6.59. The summed E-state index contributed by atoms with van der Waals surface area (Å²) in [4.78, 5) is 30.6. The first kappa shape index (κ1) is 20.8. The van der Waals surface area contributed by atoms with Gasteiger partial charge in [0.25, 0.3) is 5.91 Å². The SMILES string of the molecule is CC(C)(C)OC(=O)N1CCC(NC(=O)c2ccc(-c3cccc(F)c3)nc2)CC1. The zero-order chi connectivity index (χ0) is 21.0. The van der Waals surface area contributed by atoms with Crippen LogP contribution < -0.4 is 5.32 Å². The minimum Gasteiger partial charge on any atom is -0.444 e. The van der Waals surface area contributed by atoms with Crippen LogP contribution >= 0.6 is 0 Å². The maximum Gasteiger partial charge on any atom is 0.410 e. The second kappa shape index (κ2) is 8.59. The molecule has 2 amide bonds. The Balaban J connectivity index is 1.53. The van der Waals surface area contributed by atoms with Crippen molar-refractivity contribution in [3.05, 3.63) is 54.0 Å². The fraction of sp³-hybridized carbons (Fsp3) is 0.409. The van der Waals surface area contributed by atoms with Gasteiger partial charge in [0.1, 0.15) is 11.4 Å². The zero-order valence-electron chi connectivity index (χ0n) is 16.9. The maximum atomic E-state index is 13.4. The van der Waals surface area contributed by atoms with E-state index in [1.807, 2.05) is 20.8 Å². The molecule has 29 heavy (non-hydrogen) atoms. The molecular formula is C22H26FN3O3. The highest BCUT2D eigenvalue weighted by molar-refractivity contribution is 5.94. The van der Waals surface area contributed by atoms with Gasteiger partial charge in [-0.1, -0.05) is 12.1 Å². The second-order valence-corrected chi connectivity index (χ2v) is 8.16. The van der Waals surface area contributed by atoms with Gasteiger partial charge < -0.3 is 15.0 Å². The van der Waals surface area contributed by atoms with Crippen molar-refractivity contribution in [2.24, 2.45) is 0 Å². The fourth-order valence-electron chi connectivity index (χ4n) is 3.15. The van der Waals surface area contributed by atoms with Crippen LogP contribution in [-0.4, -0.2) is 46.6 Å². The van der Waals surface area contributed by atoms with Crippen molar-refractivity contribution in [1.29, 1.82) is 0 Å². The van der Waals surface area contributed by atoms with E-state index < -0.39 is 5.60 Å². The smallest absolute Gasteiger partial charge is 0.410 e. The van der Waals surface area contributed by atoms with Gasteiger partial charge in [-0.05, 0) is 57.9 Å². The van der Waals surface area contributed by atoms with Gasteiger partial charge in [0.05, 0.1) is 11.3 Å². The number of halogens is 1. The van der Waals surface area contributed by atoms with Crippen LogP contribution in [-0.2, 0) is 4.74 Å². The molecule has 0 radical (unpaired) electrons. The predicted molar refractivity (Wildman–Crippen MR) is 108 cm³/mol. The highest BCUT2D eigenvalue weighted by Crippen LogP contribution is 2.19. The number of piperidine rings is 1. The van der Waals surface area contributed by atoms with Crippen LogP contribution in [0.1, 0.15) is 44.0 Å². The fourth-order valence-corrected chi connectivity index (χ4v) is 3.15. The average molecular weight is 399 g/mol. The summed E-state index contributed by atoms with van der Waals surface area (Å²) >= 11 is 0. The third kappa shape index (κ3) is 5.76. The molecule has 2 heterocycles. The zero-order valence-corrected chi connectivity index (χ0v) is 16.9. The molecule has 154 valence electrons. The molecule has 3 rings (SSSR count). The van der Waals surface area contributed by atoms with Crippen molar-refractivity contribution < 1.29 is 18.7 Å². The van der Waals surface area contributed by atoms with E-state index in [0.717, 1.165) is 0 Å². The lowest BCUT2D eigenvalue weighted by Crippen LogP contribution is -2.47. The lowest BCUT2D eigenvalue weighted by molar-refractivity contribution is 0.0199. The number of hydrogen-bond acceptors (Lipinski definition) is 4. The molecule has 1 aromatic carbocycles. The predicted octanol–water partition coefficient (Wildman–Crippen LogP) is 4.02. The summed E-state index contributed by atoms with van der Waals surface area (Å²) < 4.78 is 18.7. The number of amides is 2. The molecule has 1 saturated heterocycles. The van der Waals surface area contributed by atoms with Gasteiger partial charge in [-0.15, -0.1) is 0 Å². The Morgan fingerprint density at radius 1 is 1.17 bits per heavy atom. The molecule has 1 fully saturated rings. The Bertz CT molecular complexity index is 870. The number of nitrogens with one attached hydrogen (secondary N) is 1. The molecule has 0 saturated carbocycles. The summed E-state index contributed by atoms with van der Waals surface area (Å²) in [5.41, 5.74) is 1.19. The van der Waals surface area contributed by atoms with Gasteiger partial charge in [-0.2, -0.15) is 0 Å². The first-order valence-corrected chi connectivity index (χ1v) is 9.72. The van der Waals surface area contributed by atoms with Gasteiger partial charge in [-0.25, -0.2) is 9.18 Å². The minimum atomic E-state index is -0.521. The summed E-state index contributed by atoms with van der Waals surface area (Å²) in [5, 5.41) is 2.99. The Hall–Kier alpha value is -2.96. The quantitative estimate of drug-likeness (QED) is 0.846. The Kier molecular flexibility index (Phi) is 6.15. The molecule has 1 aliphatic rings. The van der Waals surface area contributed by atoms with E-state index in [1.165, 1.54) is 18.3 Å². The molecule has 0 unspecified atom stereocenters. The van der Waals surface area contributed by atoms with Crippen LogP contribution in [0.2, 0.25) is 0 Å². The highest BCUT2D eigenvalue weighted by atomic mass is 19.1. The number of ether oxygens (including phenoxy) is 1. The number of carbonyl (C=O) groups is 2. The molecule has 6 nitrogen and oxygen atoms in total. The number of nitrogens with zero attached hydrogens (tertiary/aromatic N) is 2. The number of benzene rings is 1. The highest BCUT2D eigenvalue weighted by Gasteiger charge is 2.27. The maximum absolute atomic E-state index is 13.4. The van der Waals surface area contributed by atoms with E-state index >= 15 is 0 Å². The van der Waals surface area contributed by atoms with Gasteiger partial charge >= 0.3 is 6.09 Å². The Morgan fingerprint density at radius 2 is 1.90 bits per heavy atom. The minimum absolute atomic E-state index is 0.0101. The van der Waals surface area contributed by atoms with Crippen molar-refractivity contribution in [1.82, 2.24) is 15.2 Å². The van der Waals surface area contributed by atoms with Crippen LogP contribution in [0.5, 0.6) is 0 Å². The lowest BCUT2D eigenvalue weighted by atomic mass is 10.0. The Labute approximate surface area is 170 Å². The van der Waals surface area contributed by atoms with E-state index in [-0.39, 0.29) is 23.9 Å². The van der Waals surface area contributed by atoms with Gasteiger partial charge in [0, 0.05) is 30.9 Å². The van der Waals surface area contributed by atoms with E-state index in [1.54, 1.807) is 29.2 Å². The normalized spacial score (nSPS) is 15.1. The van der Waals surface area contributed by atoms with Crippen molar-refractivity contribution in [2.75, 3.05) is 13.1 Å². The number of carbonyl (C=O) groups excluding carboxylic acids is 2. The topological polar surface area (TPSA) is 71.5 Å². The monoisotopic (exact) mass is 399 g/mol. The van der Waals surface area contributed by atoms with Crippen LogP contribution in [0, 0.1) is 5.82 Å². The first-order chi connectivity index (χ1) is 13.7. The van der Waals surface area contributed by atoms with Crippen molar-refractivity contribution >= 4 is 12.0 Å². The van der Waals surface area contributed by atoms with Crippen LogP contribution in [0.3, 0.4) is 0 Å². The lowest BCUT2D eigenvalue weighted by Gasteiger charge is -2.33. The molecule has 0 bridgehead atoms. The number of rotatable bonds is 3. The summed E-state index contributed by atoms with van der Waals surface area (Å²) in [7, 11) is 0. The average Bonchev–Trinajstić information content (AvgIpc) is 2.67. The van der Waals surface area contributed by atoms with E-state index in [4.69, 9.17) is 4.74 Å². The van der Waals surface area contributed by atoms with Crippen molar-refractivity contribution in [3.63, 3.8) is 0 Å². The van der Waals surface area contributed by atoms with Gasteiger partial charge in [-0.3, -0.25) is 9.78 Å². The standard InChI is InChI=1S/C22H26FN3O3/c1-22(2,3)29-21(28)26-11-9-18(10-12-26)25-20(27)16-7-8-19(24-14-16)15-5-4-6-17(23)13-15/h4-8,13-14,18H,9-12H2,1-3H3,(H,25,27).